The minimum Gasteiger partial charge on any atom is -0.365 e. The van der Waals surface area contributed by atoms with Crippen LogP contribution in [-0.4, -0.2) is 55.9 Å². The van der Waals surface area contributed by atoms with Crippen LogP contribution >= 0.6 is 0 Å². The molecule has 0 bridgehead atoms. The number of hydrogen-bond acceptors (Lipinski definition) is 5. The first-order valence-corrected chi connectivity index (χ1v) is 11.1. The van der Waals surface area contributed by atoms with E-state index >= 15 is 0 Å². The molecule has 1 amide bonds. The van der Waals surface area contributed by atoms with Crippen LogP contribution < -0.4 is 10.5 Å². The molecule has 1 aliphatic heterocycles. The first-order chi connectivity index (χ1) is 16.0. The number of nitrogens with zero attached hydrogens (tertiary/aromatic N) is 6. The minimum absolute atomic E-state index is 0.0850. The summed E-state index contributed by atoms with van der Waals surface area (Å²) in [5.74, 6) is -0.104. The predicted octanol–water partition coefficient (Wildman–Crippen LogP) is 2.60. The highest BCUT2D eigenvalue weighted by molar-refractivity contribution is 5.76. The maximum absolute atomic E-state index is 13.0. The van der Waals surface area contributed by atoms with E-state index in [0.717, 1.165) is 12.1 Å². The highest BCUT2D eigenvalue weighted by Gasteiger charge is 2.27. The molecule has 2 aromatic carbocycles. The second-order valence-electron chi connectivity index (χ2n) is 8.54. The summed E-state index contributed by atoms with van der Waals surface area (Å²) in [7, 11) is 0. The quantitative estimate of drug-likeness (QED) is 0.486. The average Bonchev–Trinajstić information content (AvgIpc) is 3.27. The fraction of sp³-hybridized carbons (Fsp3) is 0.280. The summed E-state index contributed by atoms with van der Waals surface area (Å²) >= 11 is 0. The van der Waals surface area contributed by atoms with Gasteiger partial charge in [0.15, 0.2) is 0 Å². The van der Waals surface area contributed by atoms with Crippen molar-refractivity contribution >= 4 is 17.1 Å². The number of benzene rings is 2. The molecule has 8 heteroatoms. The van der Waals surface area contributed by atoms with Gasteiger partial charge < -0.3 is 9.80 Å². The van der Waals surface area contributed by atoms with Crippen LogP contribution in [0.5, 0.6) is 0 Å². The van der Waals surface area contributed by atoms with Gasteiger partial charge in [0.25, 0.3) is 5.56 Å². The Balaban J connectivity index is 1.31. The topological polar surface area (TPSA) is 75.7 Å². The molecule has 8 nitrogen and oxygen atoms in total. The van der Waals surface area contributed by atoms with Gasteiger partial charge in [-0.2, -0.15) is 10.2 Å². The summed E-state index contributed by atoms with van der Waals surface area (Å²) in [5, 5.41) is 8.63. The first kappa shape index (κ1) is 20.9. The molecule has 1 aliphatic rings. The van der Waals surface area contributed by atoms with Gasteiger partial charge in [0.2, 0.25) is 5.91 Å². The molecule has 0 aliphatic carbocycles. The molecule has 33 heavy (non-hydrogen) atoms. The zero-order valence-electron chi connectivity index (χ0n) is 18.8. The zero-order valence-corrected chi connectivity index (χ0v) is 18.8. The maximum atomic E-state index is 13.0. The Morgan fingerprint density at radius 1 is 1.06 bits per heavy atom. The summed E-state index contributed by atoms with van der Waals surface area (Å²) in [4.78, 5) is 30.1. The van der Waals surface area contributed by atoms with Gasteiger partial charge in [0, 0.05) is 36.9 Å². The molecule has 168 valence electrons. The lowest BCUT2D eigenvalue weighted by atomic mass is 10.1. The van der Waals surface area contributed by atoms with Crippen molar-refractivity contribution in [2.24, 2.45) is 0 Å². The Morgan fingerprint density at radius 3 is 2.64 bits per heavy atom. The normalized spacial score (nSPS) is 16.4. The van der Waals surface area contributed by atoms with Crippen molar-refractivity contribution in [3.05, 3.63) is 82.9 Å². The summed E-state index contributed by atoms with van der Waals surface area (Å²) in [5.41, 5.74) is 4.08. The molecule has 5 rings (SSSR count). The first-order valence-electron chi connectivity index (χ1n) is 11.1. The lowest BCUT2D eigenvalue weighted by molar-refractivity contribution is -0.132. The van der Waals surface area contributed by atoms with Crippen LogP contribution in [-0.2, 0) is 11.3 Å². The monoisotopic (exact) mass is 442 g/mol. The van der Waals surface area contributed by atoms with E-state index in [-0.39, 0.29) is 24.1 Å². The number of aromatic nitrogens is 4. The van der Waals surface area contributed by atoms with Crippen LogP contribution in [0.2, 0.25) is 0 Å². The number of anilines is 1. The average molecular weight is 443 g/mol. The van der Waals surface area contributed by atoms with E-state index in [0.29, 0.717) is 24.3 Å². The van der Waals surface area contributed by atoms with Gasteiger partial charge >= 0.3 is 0 Å². The van der Waals surface area contributed by atoms with E-state index in [1.807, 2.05) is 35.2 Å². The lowest BCUT2D eigenvalue weighted by Gasteiger charge is -2.41. The number of amides is 1. The summed E-state index contributed by atoms with van der Waals surface area (Å²) in [6, 6.07) is 20.0. The van der Waals surface area contributed by atoms with Crippen LogP contribution in [0.1, 0.15) is 12.5 Å². The zero-order chi connectivity index (χ0) is 22.9. The predicted molar refractivity (Wildman–Crippen MR) is 127 cm³/mol. The van der Waals surface area contributed by atoms with Crippen LogP contribution in [0.15, 0.2) is 71.8 Å². The van der Waals surface area contributed by atoms with Crippen LogP contribution in [0.3, 0.4) is 0 Å². The molecule has 0 N–H and O–H groups in total. The van der Waals surface area contributed by atoms with Gasteiger partial charge in [0.05, 0.1) is 5.69 Å². The van der Waals surface area contributed by atoms with Crippen molar-refractivity contribution in [3.8, 4) is 11.3 Å². The number of piperazine rings is 1. The van der Waals surface area contributed by atoms with E-state index in [1.165, 1.54) is 26.8 Å². The van der Waals surface area contributed by atoms with E-state index in [9.17, 15) is 9.59 Å². The highest BCUT2D eigenvalue weighted by Crippen LogP contribution is 2.22. The molecule has 2 aromatic heterocycles. The minimum atomic E-state index is -0.327. The van der Waals surface area contributed by atoms with Crippen molar-refractivity contribution in [2.45, 2.75) is 26.4 Å². The van der Waals surface area contributed by atoms with Gasteiger partial charge in [0.1, 0.15) is 18.4 Å². The Kier molecular flexibility index (Phi) is 5.42. The van der Waals surface area contributed by atoms with E-state index in [2.05, 4.69) is 53.2 Å². The van der Waals surface area contributed by atoms with E-state index in [1.54, 1.807) is 6.07 Å². The van der Waals surface area contributed by atoms with Crippen molar-refractivity contribution in [1.29, 1.82) is 0 Å². The molecule has 0 radical (unpaired) electrons. The van der Waals surface area contributed by atoms with Crippen molar-refractivity contribution in [2.75, 3.05) is 24.5 Å². The Morgan fingerprint density at radius 2 is 1.88 bits per heavy atom. The highest BCUT2D eigenvalue weighted by atomic mass is 16.2. The molecular formula is C25H26N6O2. The maximum Gasteiger partial charge on any atom is 0.293 e. The number of aryl methyl sites for hydroxylation is 1. The third-order valence-electron chi connectivity index (χ3n) is 6.16. The molecule has 0 saturated carbocycles. The molecule has 1 atom stereocenters. The van der Waals surface area contributed by atoms with Gasteiger partial charge in [-0.1, -0.05) is 42.5 Å². The third kappa shape index (κ3) is 4.11. The van der Waals surface area contributed by atoms with Crippen molar-refractivity contribution in [1.82, 2.24) is 24.3 Å². The fourth-order valence-electron chi connectivity index (χ4n) is 4.40. The van der Waals surface area contributed by atoms with E-state index in [4.69, 9.17) is 0 Å². The Bertz CT molecular complexity index is 1360. The van der Waals surface area contributed by atoms with Crippen molar-refractivity contribution < 1.29 is 4.79 Å². The second kappa shape index (κ2) is 8.54. The van der Waals surface area contributed by atoms with Gasteiger partial charge in [-0.25, -0.2) is 9.20 Å². The van der Waals surface area contributed by atoms with Crippen molar-refractivity contribution in [3.63, 3.8) is 0 Å². The smallest absolute Gasteiger partial charge is 0.293 e. The van der Waals surface area contributed by atoms with E-state index < -0.39 is 0 Å². The molecular weight excluding hydrogens is 416 g/mol. The summed E-state index contributed by atoms with van der Waals surface area (Å²) < 4.78 is 2.69. The van der Waals surface area contributed by atoms with Gasteiger partial charge in [-0.05, 0) is 37.6 Å². The molecule has 0 spiro atoms. The second-order valence-corrected chi connectivity index (χ2v) is 8.54. The molecule has 1 saturated heterocycles. The molecule has 0 unspecified atom stereocenters. The third-order valence-corrected chi connectivity index (χ3v) is 6.16. The Labute approximate surface area is 191 Å². The molecule has 3 heterocycles. The van der Waals surface area contributed by atoms with Crippen LogP contribution in [0, 0.1) is 6.92 Å². The molecule has 4 aromatic rings. The largest absolute Gasteiger partial charge is 0.365 e. The lowest BCUT2D eigenvalue weighted by Crippen LogP contribution is -2.54. The number of hydrogen-bond donors (Lipinski definition) is 0. The standard InChI is InChI=1S/C25H26N6O2/c1-18-7-6-10-21(13-18)29-12-11-28(15-19(29)2)24(32)16-30-25(33)23-14-22(27-31(23)17-26-30)20-8-4-3-5-9-20/h3-10,13-14,17,19H,11-12,15-16H2,1-2H3/t19-/m1/s1. The fourth-order valence-corrected chi connectivity index (χ4v) is 4.40. The van der Waals surface area contributed by atoms with Crippen LogP contribution in [0.25, 0.3) is 16.8 Å². The van der Waals surface area contributed by atoms with Gasteiger partial charge in [-0.15, -0.1) is 0 Å². The Hall–Kier alpha value is -3.94. The molecule has 1 fully saturated rings. The number of carbonyl (C=O) groups is 1. The number of rotatable bonds is 4. The SMILES string of the molecule is Cc1cccc(N2CCN(C(=O)Cn3ncn4nc(-c5ccccc5)cc4c3=O)C[C@H]2C)c1. The summed E-state index contributed by atoms with van der Waals surface area (Å²) in [6.07, 6.45) is 1.48. The van der Waals surface area contributed by atoms with Gasteiger partial charge in [-0.3, -0.25) is 9.59 Å². The summed E-state index contributed by atoms with van der Waals surface area (Å²) in [6.45, 7) is 6.08. The number of fused-ring (bicyclic) bond motifs is 1. The van der Waals surface area contributed by atoms with Crippen LogP contribution in [0.4, 0.5) is 5.69 Å². The number of carbonyl (C=O) groups excluding carboxylic acids is 1.